The van der Waals surface area contributed by atoms with Gasteiger partial charge < -0.3 is 15.5 Å². The predicted molar refractivity (Wildman–Crippen MR) is 108 cm³/mol. The molecule has 8 heteroatoms. The standard InChI is InChI=1S/C20H28FN5O2/c1-13(2)26(19(28)22-15-9-7-8-14(21)10-15)12-18(27)23-17-11-16(20(3,4)5)24-25(17)6/h7-11,13H,12H2,1-6H3,(H,22,28)(H,23,27). The van der Waals surface area contributed by atoms with E-state index in [-0.39, 0.29) is 23.9 Å². The van der Waals surface area contributed by atoms with Gasteiger partial charge in [-0.3, -0.25) is 9.48 Å². The molecule has 1 aromatic heterocycles. The minimum Gasteiger partial charge on any atom is -0.313 e. The highest BCUT2D eigenvalue weighted by Gasteiger charge is 2.23. The van der Waals surface area contributed by atoms with Crippen molar-refractivity contribution < 1.29 is 14.0 Å². The lowest BCUT2D eigenvalue weighted by atomic mass is 9.92. The minimum absolute atomic E-state index is 0.143. The lowest BCUT2D eigenvalue weighted by molar-refractivity contribution is -0.117. The zero-order chi connectivity index (χ0) is 21.1. The Hall–Kier alpha value is -2.90. The van der Waals surface area contributed by atoms with Crippen molar-refractivity contribution in [1.29, 1.82) is 0 Å². The summed E-state index contributed by atoms with van der Waals surface area (Å²) in [6.45, 7) is 9.59. The average Bonchev–Trinajstić information content (AvgIpc) is 2.93. The quantitative estimate of drug-likeness (QED) is 0.818. The van der Waals surface area contributed by atoms with Crippen LogP contribution in [-0.4, -0.2) is 39.2 Å². The fourth-order valence-corrected chi connectivity index (χ4v) is 2.54. The number of nitrogens with one attached hydrogen (secondary N) is 2. The summed E-state index contributed by atoms with van der Waals surface area (Å²) in [6.07, 6.45) is 0. The van der Waals surface area contributed by atoms with Crippen molar-refractivity contribution in [3.05, 3.63) is 41.8 Å². The van der Waals surface area contributed by atoms with Crippen LogP contribution in [0.4, 0.5) is 20.7 Å². The SMILES string of the molecule is CC(C)N(CC(=O)Nc1cc(C(C)(C)C)nn1C)C(=O)Nc1cccc(F)c1. The van der Waals surface area contributed by atoms with Crippen molar-refractivity contribution in [3.8, 4) is 0 Å². The molecule has 0 aliphatic heterocycles. The Balaban J connectivity index is 2.06. The Morgan fingerprint density at radius 2 is 1.89 bits per heavy atom. The molecular formula is C20H28FN5O2. The number of carbonyl (C=O) groups excluding carboxylic acids is 2. The van der Waals surface area contributed by atoms with E-state index in [9.17, 15) is 14.0 Å². The Labute approximate surface area is 164 Å². The van der Waals surface area contributed by atoms with E-state index in [0.717, 1.165) is 5.69 Å². The smallest absolute Gasteiger partial charge is 0.313 e. The number of nitrogens with zero attached hydrogens (tertiary/aromatic N) is 3. The zero-order valence-electron chi connectivity index (χ0n) is 17.2. The number of hydrogen-bond donors (Lipinski definition) is 2. The molecule has 0 aliphatic carbocycles. The van der Waals surface area contributed by atoms with Crippen LogP contribution >= 0.6 is 0 Å². The molecule has 2 N–H and O–H groups in total. The maximum absolute atomic E-state index is 13.3. The molecule has 2 aromatic rings. The maximum Gasteiger partial charge on any atom is 0.322 e. The van der Waals surface area contributed by atoms with Crippen LogP contribution in [0.2, 0.25) is 0 Å². The van der Waals surface area contributed by atoms with Crippen LogP contribution in [0.5, 0.6) is 0 Å². The van der Waals surface area contributed by atoms with Crippen LogP contribution < -0.4 is 10.6 Å². The first-order valence-electron chi connectivity index (χ1n) is 9.15. The predicted octanol–water partition coefficient (Wildman–Crippen LogP) is 3.74. The van der Waals surface area contributed by atoms with Gasteiger partial charge in [0.25, 0.3) is 0 Å². The van der Waals surface area contributed by atoms with Crippen LogP contribution in [0.25, 0.3) is 0 Å². The maximum atomic E-state index is 13.3. The molecular weight excluding hydrogens is 361 g/mol. The second-order valence-corrected chi connectivity index (χ2v) is 8.00. The molecule has 0 spiro atoms. The first-order valence-corrected chi connectivity index (χ1v) is 9.15. The summed E-state index contributed by atoms with van der Waals surface area (Å²) in [4.78, 5) is 26.4. The highest BCUT2D eigenvalue weighted by Crippen LogP contribution is 2.23. The van der Waals surface area contributed by atoms with E-state index in [4.69, 9.17) is 0 Å². The van der Waals surface area contributed by atoms with Gasteiger partial charge in [-0.05, 0) is 32.0 Å². The van der Waals surface area contributed by atoms with Crippen molar-refractivity contribution in [1.82, 2.24) is 14.7 Å². The van der Waals surface area contributed by atoms with Crippen molar-refractivity contribution in [2.45, 2.75) is 46.1 Å². The molecule has 152 valence electrons. The number of halogens is 1. The van der Waals surface area contributed by atoms with Gasteiger partial charge in [0.15, 0.2) is 0 Å². The van der Waals surface area contributed by atoms with Crippen molar-refractivity contribution in [2.24, 2.45) is 7.05 Å². The van der Waals surface area contributed by atoms with Gasteiger partial charge in [-0.15, -0.1) is 0 Å². The highest BCUT2D eigenvalue weighted by atomic mass is 19.1. The first kappa shape index (κ1) is 21.4. The summed E-state index contributed by atoms with van der Waals surface area (Å²) >= 11 is 0. The number of aromatic nitrogens is 2. The van der Waals surface area contributed by atoms with E-state index in [1.807, 2.05) is 26.8 Å². The lowest BCUT2D eigenvalue weighted by Crippen LogP contribution is -2.44. The molecule has 7 nitrogen and oxygen atoms in total. The molecule has 0 bridgehead atoms. The largest absolute Gasteiger partial charge is 0.322 e. The van der Waals surface area contributed by atoms with Gasteiger partial charge in [0, 0.05) is 30.3 Å². The summed E-state index contributed by atoms with van der Waals surface area (Å²) in [5.74, 6) is -0.228. The molecule has 0 saturated carbocycles. The summed E-state index contributed by atoms with van der Waals surface area (Å²) in [5, 5.41) is 9.84. The number of carbonyl (C=O) groups is 2. The number of hydrogen-bond acceptors (Lipinski definition) is 3. The molecule has 0 fully saturated rings. The van der Waals surface area contributed by atoms with Crippen molar-refractivity contribution in [2.75, 3.05) is 17.2 Å². The second-order valence-electron chi connectivity index (χ2n) is 8.00. The van der Waals surface area contributed by atoms with E-state index < -0.39 is 11.8 Å². The second kappa shape index (κ2) is 8.41. The summed E-state index contributed by atoms with van der Waals surface area (Å²) in [6, 6.07) is 6.73. The molecule has 28 heavy (non-hydrogen) atoms. The molecule has 0 saturated heterocycles. The van der Waals surface area contributed by atoms with E-state index in [1.54, 1.807) is 31.6 Å². The van der Waals surface area contributed by atoms with Gasteiger partial charge in [-0.1, -0.05) is 26.8 Å². The van der Waals surface area contributed by atoms with E-state index in [1.165, 1.54) is 23.1 Å². The molecule has 1 heterocycles. The summed E-state index contributed by atoms with van der Waals surface area (Å²) in [5.41, 5.74) is 1.04. The number of amides is 3. The zero-order valence-corrected chi connectivity index (χ0v) is 17.2. The van der Waals surface area contributed by atoms with Gasteiger partial charge in [0.05, 0.1) is 5.69 Å². The number of anilines is 2. The Kier molecular flexibility index (Phi) is 6.43. The third-order valence-corrected chi connectivity index (χ3v) is 4.19. The molecule has 1 aromatic carbocycles. The van der Waals surface area contributed by atoms with E-state index in [0.29, 0.717) is 11.5 Å². The topological polar surface area (TPSA) is 79.3 Å². The van der Waals surface area contributed by atoms with Gasteiger partial charge in [0.2, 0.25) is 5.91 Å². The lowest BCUT2D eigenvalue weighted by Gasteiger charge is -2.26. The van der Waals surface area contributed by atoms with Crippen molar-refractivity contribution >= 4 is 23.4 Å². The van der Waals surface area contributed by atoms with Crippen LogP contribution in [0, 0.1) is 5.82 Å². The van der Waals surface area contributed by atoms with Crippen LogP contribution in [0.15, 0.2) is 30.3 Å². The number of rotatable bonds is 5. The van der Waals surface area contributed by atoms with Crippen LogP contribution in [0.3, 0.4) is 0 Å². The number of benzene rings is 1. The number of aryl methyl sites for hydroxylation is 1. The molecule has 0 radical (unpaired) electrons. The van der Waals surface area contributed by atoms with Gasteiger partial charge in [-0.2, -0.15) is 5.10 Å². The fraction of sp³-hybridized carbons (Fsp3) is 0.450. The third-order valence-electron chi connectivity index (χ3n) is 4.19. The average molecular weight is 389 g/mol. The molecule has 2 rings (SSSR count). The van der Waals surface area contributed by atoms with Crippen LogP contribution in [-0.2, 0) is 17.3 Å². The van der Waals surface area contributed by atoms with Gasteiger partial charge >= 0.3 is 6.03 Å². The Morgan fingerprint density at radius 1 is 1.21 bits per heavy atom. The Morgan fingerprint density at radius 3 is 2.43 bits per heavy atom. The third kappa shape index (κ3) is 5.55. The fourth-order valence-electron chi connectivity index (χ4n) is 2.54. The highest BCUT2D eigenvalue weighted by molar-refractivity contribution is 5.96. The molecule has 0 atom stereocenters. The van der Waals surface area contributed by atoms with E-state index in [2.05, 4.69) is 15.7 Å². The minimum atomic E-state index is -0.476. The summed E-state index contributed by atoms with van der Waals surface area (Å²) < 4.78 is 14.9. The molecule has 3 amide bonds. The monoisotopic (exact) mass is 389 g/mol. The van der Waals surface area contributed by atoms with E-state index >= 15 is 0 Å². The number of urea groups is 1. The van der Waals surface area contributed by atoms with Gasteiger partial charge in [-0.25, -0.2) is 9.18 Å². The molecule has 0 unspecified atom stereocenters. The van der Waals surface area contributed by atoms with Crippen molar-refractivity contribution in [3.63, 3.8) is 0 Å². The molecule has 0 aliphatic rings. The summed E-state index contributed by atoms with van der Waals surface area (Å²) in [7, 11) is 1.75. The van der Waals surface area contributed by atoms with Crippen LogP contribution in [0.1, 0.15) is 40.3 Å². The van der Waals surface area contributed by atoms with Gasteiger partial charge in [0.1, 0.15) is 18.2 Å². The first-order chi connectivity index (χ1) is 13.0. The Bertz CT molecular complexity index is 855. The normalized spacial score (nSPS) is 11.4.